The van der Waals surface area contributed by atoms with Crippen molar-refractivity contribution in [2.45, 2.75) is 70.9 Å². The first kappa shape index (κ1) is 13.4. The monoisotopic (exact) mass is 238 g/mol. The highest BCUT2D eigenvalue weighted by Crippen LogP contribution is 2.32. The minimum absolute atomic E-state index is 0.665. The van der Waals surface area contributed by atoms with E-state index >= 15 is 0 Å². The summed E-state index contributed by atoms with van der Waals surface area (Å²) in [6.07, 6.45) is 9.87. The average molecular weight is 238 g/mol. The summed E-state index contributed by atoms with van der Waals surface area (Å²) in [5.41, 5.74) is 6.09. The van der Waals surface area contributed by atoms with E-state index in [-0.39, 0.29) is 0 Å². The lowest BCUT2D eigenvalue weighted by Crippen LogP contribution is -2.53. The van der Waals surface area contributed by atoms with Crippen LogP contribution in [-0.4, -0.2) is 30.1 Å². The van der Waals surface area contributed by atoms with Crippen LogP contribution >= 0.6 is 0 Å². The smallest absolute Gasteiger partial charge is 0.0249 e. The van der Waals surface area contributed by atoms with Crippen LogP contribution < -0.4 is 5.73 Å². The Kier molecular flexibility index (Phi) is 4.87. The van der Waals surface area contributed by atoms with Gasteiger partial charge in [0.2, 0.25) is 0 Å². The molecule has 2 nitrogen and oxygen atoms in total. The van der Waals surface area contributed by atoms with Crippen LogP contribution in [0.25, 0.3) is 0 Å². The van der Waals surface area contributed by atoms with Gasteiger partial charge in [-0.2, -0.15) is 0 Å². The average Bonchev–Trinajstić information content (AvgIpc) is 2.34. The summed E-state index contributed by atoms with van der Waals surface area (Å²) in [6, 6.07) is 1.41. The Labute approximate surface area is 107 Å². The molecular formula is C15H30N2. The van der Waals surface area contributed by atoms with Crippen LogP contribution in [0, 0.1) is 11.8 Å². The van der Waals surface area contributed by atoms with E-state index in [4.69, 9.17) is 5.73 Å². The van der Waals surface area contributed by atoms with E-state index in [2.05, 4.69) is 18.7 Å². The lowest BCUT2D eigenvalue weighted by molar-refractivity contribution is 0.0446. The summed E-state index contributed by atoms with van der Waals surface area (Å²) in [7, 11) is 0. The van der Waals surface area contributed by atoms with Gasteiger partial charge in [0.25, 0.3) is 0 Å². The van der Waals surface area contributed by atoms with Gasteiger partial charge in [0, 0.05) is 18.6 Å². The molecule has 0 spiro atoms. The zero-order valence-electron chi connectivity index (χ0n) is 11.7. The quantitative estimate of drug-likeness (QED) is 0.819. The molecule has 100 valence electrons. The van der Waals surface area contributed by atoms with Crippen LogP contribution in [0.1, 0.15) is 58.8 Å². The van der Waals surface area contributed by atoms with E-state index in [9.17, 15) is 0 Å². The molecule has 1 heterocycles. The van der Waals surface area contributed by atoms with Crippen molar-refractivity contribution in [1.82, 2.24) is 4.90 Å². The minimum atomic E-state index is 0.665. The van der Waals surface area contributed by atoms with Crippen molar-refractivity contribution >= 4 is 0 Å². The summed E-state index contributed by atoms with van der Waals surface area (Å²) < 4.78 is 0. The molecule has 0 radical (unpaired) electrons. The zero-order valence-corrected chi connectivity index (χ0v) is 11.7. The molecule has 0 aromatic heterocycles. The summed E-state index contributed by atoms with van der Waals surface area (Å²) >= 11 is 0. The van der Waals surface area contributed by atoms with Crippen molar-refractivity contribution in [2.24, 2.45) is 17.6 Å². The molecule has 0 aromatic carbocycles. The maximum atomic E-state index is 6.09. The molecule has 0 aromatic rings. The van der Waals surface area contributed by atoms with Crippen LogP contribution in [-0.2, 0) is 0 Å². The maximum absolute atomic E-state index is 6.09. The number of hydrogen-bond acceptors (Lipinski definition) is 2. The van der Waals surface area contributed by atoms with Crippen LogP contribution in [0.2, 0.25) is 0 Å². The second kappa shape index (κ2) is 6.19. The number of rotatable bonds is 3. The third-order valence-corrected chi connectivity index (χ3v) is 5.05. The topological polar surface area (TPSA) is 29.3 Å². The van der Waals surface area contributed by atoms with E-state index in [0.29, 0.717) is 6.04 Å². The van der Waals surface area contributed by atoms with Gasteiger partial charge in [0.1, 0.15) is 0 Å². The van der Waals surface area contributed by atoms with Gasteiger partial charge in [0.05, 0.1) is 0 Å². The first-order valence-electron chi connectivity index (χ1n) is 7.68. The van der Waals surface area contributed by atoms with Crippen molar-refractivity contribution in [3.05, 3.63) is 0 Å². The van der Waals surface area contributed by atoms with E-state index in [1.807, 2.05) is 0 Å². The molecule has 1 aliphatic carbocycles. The van der Waals surface area contributed by atoms with Gasteiger partial charge in [-0.1, -0.05) is 26.2 Å². The Balaban J connectivity index is 1.96. The van der Waals surface area contributed by atoms with Gasteiger partial charge in [0.15, 0.2) is 0 Å². The number of nitrogens with two attached hydrogens (primary N) is 1. The Morgan fingerprint density at radius 1 is 1.12 bits per heavy atom. The maximum Gasteiger partial charge on any atom is 0.0249 e. The molecule has 1 saturated heterocycles. The van der Waals surface area contributed by atoms with Gasteiger partial charge in [-0.15, -0.1) is 0 Å². The van der Waals surface area contributed by atoms with Crippen molar-refractivity contribution in [3.63, 3.8) is 0 Å². The predicted molar refractivity (Wildman–Crippen MR) is 74.0 cm³/mol. The molecule has 0 bridgehead atoms. The predicted octanol–water partition coefficient (Wildman–Crippen LogP) is 3.01. The van der Waals surface area contributed by atoms with Gasteiger partial charge in [-0.05, 0) is 51.0 Å². The third-order valence-electron chi connectivity index (χ3n) is 5.05. The van der Waals surface area contributed by atoms with Crippen LogP contribution in [0.4, 0.5) is 0 Å². The fourth-order valence-corrected chi connectivity index (χ4v) is 4.04. The highest BCUT2D eigenvalue weighted by molar-refractivity contribution is 4.88. The van der Waals surface area contributed by atoms with E-state index in [1.165, 1.54) is 51.5 Å². The lowest BCUT2D eigenvalue weighted by Gasteiger charge is -2.45. The fraction of sp³-hybridized carbons (Fsp3) is 1.00. The molecule has 1 saturated carbocycles. The summed E-state index contributed by atoms with van der Waals surface area (Å²) in [5, 5.41) is 0. The highest BCUT2D eigenvalue weighted by Gasteiger charge is 2.33. The normalized spacial score (nSPS) is 34.8. The molecule has 2 aliphatic rings. The van der Waals surface area contributed by atoms with Crippen molar-refractivity contribution in [1.29, 1.82) is 0 Å². The van der Waals surface area contributed by atoms with Gasteiger partial charge >= 0.3 is 0 Å². The minimum Gasteiger partial charge on any atom is -0.329 e. The van der Waals surface area contributed by atoms with Crippen molar-refractivity contribution < 1.29 is 0 Å². The molecular weight excluding hydrogens is 208 g/mol. The van der Waals surface area contributed by atoms with E-state index in [0.717, 1.165) is 24.4 Å². The molecule has 17 heavy (non-hydrogen) atoms. The second-order valence-corrected chi connectivity index (χ2v) is 6.42. The number of likely N-dealkylation sites (tertiary alicyclic amines) is 1. The number of hydrogen-bond donors (Lipinski definition) is 1. The van der Waals surface area contributed by atoms with Gasteiger partial charge in [-0.25, -0.2) is 0 Å². The van der Waals surface area contributed by atoms with Crippen LogP contribution in [0.5, 0.6) is 0 Å². The largest absolute Gasteiger partial charge is 0.329 e. The van der Waals surface area contributed by atoms with Crippen LogP contribution in [0.3, 0.4) is 0 Å². The molecule has 3 unspecified atom stereocenters. The standard InChI is InChI=1S/C15H30N2/c1-12-8-9-17(13(2)10-12)15(11-16)14-6-4-3-5-7-14/h12-15H,3-11,16H2,1-2H3. The SMILES string of the molecule is CC1CCN(C(CN)C2CCCCC2)C(C)C1. The van der Waals surface area contributed by atoms with Crippen molar-refractivity contribution in [2.75, 3.05) is 13.1 Å². The van der Waals surface area contributed by atoms with Gasteiger partial charge in [-0.3, -0.25) is 4.90 Å². The Bertz CT molecular complexity index is 223. The molecule has 1 aliphatic heterocycles. The Morgan fingerprint density at radius 2 is 1.82 bits per heavy atom. The summed E-state index contributed by atoms with van der Waals surface area (Å²) in [4.78, 5) is 2.73. The number of nitrogens with zero attached hydrogens (tertiary/aromatic N) is 1. The summed E-state index contributed by atoms with van der Waals surface area (Å²) in [5.74, 6) is 1.79. The second-order valence-electron chi connectivity index (χ2n) is 6.42. The van der Waals surface area contributed by atoms with Crippen LogP contribution in [0.15, 0.2) is 0 Å². The third kappa shape index (κ3) is 3.23. The molecule has 2 N–H and O–H groups in total. The Morgan fingerprint density at radius 3 is 2.41 bits per heavy atom. The molecule has 2 fully saturated rings. The fourth-order valence-electron chi connectivity index (χ4n) is 4.04. The number of piperidine rings is 1. The van der Waals surface area contributed by atoms with E-state index in [1.54, 1.807) is 0 Å². The van der Waals surface area contributed by atoms with Crippen molar-refractivity contribution in [3.8, 4) is 0 Å². The molecule has 2 rings (SSSR count). The summed E-state index contributed by atoms with van der Waals surface area (Å²) in [6.45, 7) is 6.94. The lowest BCUT2D eigenvalue weighted by atomic mass is 9.81. The Hall–Kier alpha value is -0.0800. The molecule has 0 amide bonds. The first-order chi connectivity index (χ1) is 8.22. The first-order valence-corrected chi connectivity index (χ1v) is 7.68. The molecule has 3 atom stereocenters. The van der Waals surface area contributed by atoms with Gasteiger partial charge < -0.3 is 5.73 Å². The zero-order chi connectivity index (χ0) is 12.3. The highest BCUT2D eigenvalue weighted by atomic mass is 15.2. The van der Waals surface area contributed by atoms with E-state index < -0.39 is 0 Å². The molecule has 2 heteroatoms.